The van der Waals surface area contributed by atoms with Gasteiger partial charge in [0.05, 0.1) is 0 Å². The highest BCUT2D eigenvalue weighted by Crippen LogP contribution is 2.07. The van der Waals surface area contributed by atoms with Crippen LogP contribution < -0.4 is 10.6 Å². The fourth-order valence-electron chi connectivity index (χ4n) is 1.73. The van der Waals surface area contributed by atoms with Crippen LogP contribution in [0.5, 0.6) is 0 Å². The third-order valence-electron chi connectivity index (χ3n) is 3.06. The van der Waals surface area contributed by atoms with Crippen molar-refractivity contribution < 1.29 is 13.6 Å². The third kappa shape index (κ3) is 12.6. The maximum Gasteiger partial charge on any atom is 0.314 e. The lowest BCUT2D eigenvalue weighted by Crippen LogP contribution is -2.37. The third-order valence-corrected chi connectivity index (χ3v) is 6.30. The predicted octanol–water partition coefficient (Wildman–Crippen LogP) is 0.923. The molecule has 0 heterocycles. The Hall–Kier alpha value is -0.376. The largest absolute Gasteiger partial charge is 0.424 e. The summed E-state index contributed by atoms with van der Waals surface area (Å²) in [6, 6.07) is -0.0550. The lowest BCUT2D eigenvalue weighted by molar-refractivity contribution is 0.240. The lowest BCUT2D eigenvalue weighted by Gasteiger charge is -2.13. The summed E-state index contributed by atoms with van der Waals surface area (Å²) in [4.78, 5) is 11.6. The van der Waals surface area contributed by atoms with Gasteiger partial charge in [-0.2, -0.15) is 0 Å². The quantitative estimate of drug-likeness (QED) is 0.526. The predicted molar refractivity (Wildman–Crippen MR) is 89.8 cm³/mol. The molecule has 0 rings (SSSR count). The first kappa shape index (κ1) is 19.6. The van der Waals surface area contributed by atoms with Crippen LogP contribution in [0.25, 0.3) is 0 Å². The van der Waals surface area contributed by atoms with E-state index in [4.69, 9.17) is 8.85 Å². The fraction of sp³-hybridized carbons (Fsp3) is 0.923. The topological polar surface area (TPSA) is 59.6 Å². The van der Waals surface area contributed by atoms with Crippen LogP contribution in [0.15, 0.2) is 0 Å². The standard InChI is InChI=1S/C13H32N2O3Si2/c1-5-17-19-11(3)7-9-14-13(16)15-10-8-12(4)20-18-6-2/h11-12H,5-10,19-20H2,1-4H3,(H2,14,15,16). The van der Waals surface area contributed by atoms with Crippen molar-refractivity contribution in [1.29, 1.82) is 0 Å². The zero-order valence-corrected chi connectivity index (χ0v) is 16.4. The zero-order chi connectivity index (χ0) is 15.2. The molecule has 0 bridgehead atoms. The number of nitrogens with one attached hydrogen (secondary N) is 2. The summed E-state index contributed by atoms with van der Waals surface area (Å²) in [6.45, 7) is 11.5. The Morgan fingerprint density at radius 2 is 1.35 bits per heavy atom. The van der Waals surface area contributed by atoms with E-state index in [0.29, 0.717) is 11.1 Å². The lowest BCUT2D eigenvalue weighted by atomic mass is 10.3. The van der Waals surface area contributed by atoms with Crippen LogP contribution in [0.1, 0.15) is 40.5 Å². The Morgan fingerprint density at radius 3 is 1.70 bits per heavy atom. The van der Waals surface area contributed by atoms with E-state index in [1.807, 2.05) is 13.8 Å². The minimum Gasteiger partial charge on any atom is -0.424 e. The van der Waals surface area contributed by atoms with Crippen LogP contribution in [0.2, 0.25) is 11.1 Å². The maximum absolute atomic E-state index is 11.6. The molecule has 120 valence electrons. The van der Waals surface area contributed by atoms with Gasteiger partial charge in [-0.05, 0) is 37.8 Å². The van der Waals surface area contributed by atoms with Crippen molar-refractivity contribution in [2.75, 3.05) is 26.3 Å². The summed E-state index contributed by atoms with van der Waals surface area (Å²) in [7, 11) is -0.851. The SMILES string of the molecule is CCO[SiH2]C(C)CCNC(=O)NCCC(C)[SiH2]OCC. The van der Waals surface area contributed by atoms with E-state index in [0.717, 1.165) is 39.1 Å². The van der Waals surface area contributed by atoms with Gasteiger partial charge in [0.2, 0.25) is 0 Å². The van der Waals surface area contributed by atoms with Crippen LogP contribution in [0.3, 0.4) is 0 Å². The van der Waals surface area contributed by atoms with Crippen molar-refractivity contribution in [1.82, 2.24) is 10.6 Å². The minimum absolute atomic E-state index is 0.0550. The second kappa shape index (κ2) is 13.6. The summed E-state index contributed by atoms with van der Waals surface area (Å²) >= 11 is 0. The highest BCUT2D eigenvalue weighted by atomic mass is 28.2. The van der Waals surface area contributed by atoms with E-state index >= 15 is 0 Å². The van der Waals surface area contributed by atoms with E-state index in [9.17, 15) is 4.79 Å². The molecule has 20 heavy (non-hydrogen) atoms. The molecule has 0 aliphatic carbocycles. The van der Waals surface area contributed by atoms with Gasteiger partial charge in [0.15, 0.2) is 19.5 Å². The number of amides is 2. The van der Waals surface area contributed by atoms with Gasteiger partial charge >= 0.3 is 6.03 Å². The number of carbonyl (C=O) groups is 1. The molecule has 0 fully saturated rings. The van der Waals surface area contributed by atoms with Gasteiger partial charge in [0, 0.05) is 26.3 Å². The number of urea groups is 1. The summed E-state index contributed by atoms with van der Waals surface area (Å²) < 4.78 is 11.0. The molecule has 2 N–H and O–H groups in total. The second-order valence-corrected chi connectivity index (χ2v) is 9.56. The van der Waals surface area contributed by atoms with Gasteiger partial charge in [-0.15, -0.1) is 0 Å². The van der Waals surface area contributed by atoms with Gasteiger partial charge in [-0.25, -0.2) is 4.79 Å². The van der Waals surface area contributed by atoms with E-state index in [2.05, 4.69) is 24.5 Å². The fourth-order valence-corrected chi connectivity index (χ4v) is 3.75. The highest BCUT2D eigenvalue weighted by molar-refractivity contribution is 6.29. The first-order valence-corrected chi connectivity index (χ1v) is 10.6. The van der Waals surface area contributed by atoms with Crippen molar-refractivity contribution >= 4 is 25.6 Å². The monoisotopic (exact) mass is 320 g/mol. The van der Waals surface area contributed by atoms with Gasteiger partial charge in [-0.3, -0.25) is 0 Å². The molecule has 0 saturated heterocycles. The minimum atomic E-state index is -0.425. The van der Waals surface area contributed by atoms with E-state index in [1.54, 1.807) is 0 Å². The molecule has 5 nitrogen and oxygen atoms in total. The number of rotatable bonds is 12. The van der Waals surface area contributed by atoms with Crippen LogP contribution in [-0.4, -0.2) is 51.9 Å². The summed E-state index contributed by atoms with van der Waals surface area (Å²) in [5, 5.41) is 5.81. The normalized spacial score (nSPS) is 15.0. The average molecular weight is 321 g/mol. The molecule has 0 spiro atoms. The van der Waals surface area contributed by atoms with E-state index in [-0.39, 0.29) is 6.03 Å². The first-order chi connectivity index (χ1) is 9.60. The summed E-state index contributed by atoms with van der Waals surface area (Å²) in [5.74, 6) is 0. The van der Waals surface area contributed by atoms with E-state index in [1.165, 1.54) is 0 Å². The van der Waals surface area contributed by atoms with Crippen molar-refractivity contribution in [3.8, 4) is 0 Å². The molecule has 0 aromatic carbocycles. The number of hydrogen-bond acceptors (Lipinski definition) is 3. The van der Waals surface area contributed by atoms with Crippen LogP contribution >= 0.6 is 0 Å². The van der Waals surface area contributed by atoms with Gasteiger partial charge in [0.25, 0.3) is 0 Å². The average Bonchev–Trinajstić information content (AvgIpc) is 2.42. The summed E-state index contributed by atoms with van der Waals surface area (Å²) in [5.41, 5.74) is 1.24. The van der Waals surface area contributed by atoms with Crippen molar-refractivity contribution in [3.63, 3.8) is 0 Å². The van der Waals surface area contributed by atoms with E-state index < -0.39 is 19.5 Å². The first-order valence-electron chi connectivity index (χ1n) is 7.77. The van der Waals surface area contributed by atoms with Crippen molar-refractivity contribution in [2.45, 2.75) is 51.6 Å². The second-order valence-electron chi connectivity index (χ2n) is 5.29. The molecule has 0 aliphatic rings. The van der Waals surface area contributed by atoms with Crippen molar-refractivity contribution in [2.24, 2.45) is 0 Å². The Morgan fingerprint density at radius 1 is 0.950 bits per heavy atom. The molecule has 0 saturated carbocycles. The molecule has 2 amide bonds. The van der Waals surface area contributed by atoms with Crippen LogP contribution in [-0.2, 0) is 8.85 Å². The molecular weight excluding hydrogens is 288 g/mol. The van der Waals surface area contributed by atoms with Gasteiger partial charge in [0.1, 0.15) is 0 Å². The molecule has 2 atom stereocenters. The molecule has 0 aliphatic heterocycles. The van der Waals surface area contributed by atoms with Gasteiger partial charge < -0.3 is 19.5 Å². The highest BCUT2D eigenvalue weighted by Gasteiger charge is 2.06. The van der Waals surface area contributed by atoms with Crippen LogP contribution in [0.4, 0.5) is 4.79 Å². The summed E-state index contributed by atoms with van der Waals surface area (Å²) in [6.07, 6.45) is 2.01. The smallest absolute Gasteiger partial charge is 0.314 e. The number of carbonyl (C=O) groups excluding carboxylic acids is 1. The Kier molecular flexibility index (Phi) is 13.3. The molecule has 2 unspecified atom stereocenters. The molecule has 0 aromatic heterocycles. The Balaban J connectivity index is 3.45. The molecule has 7 heteroatoms. The Labute approximate surface area is 128 Å². The maximum atomic E-state index is 11.6. The molecular formula is C13H32N2O3Si2. The van der Waals surface area contributed by atoms with Gasteiger partial charge in [-0.1, -0.05) is 13.8 Å². The zero-order valence-electron chi connectivity index (χ0n) is 13.5. The van der Waals surface area contributed by atoms with Crippen molar-refractivity contribution in [3.05, 3.63) is 0 Å². The Bertz CT molecular complexity index is 224. The molecule has 0 aromatic rings. The van der Waals surface area contributed by atoms with Crippen LogP contribution in [0, 0.1) is 0 Å². The molecule has 0 radical (unpaired) electrons. The number of hydrogen-bond donors (Lipinski definition) is 2.